The molecule has 1 aliphatic rings. The molecule has 0 radical (unpaired) electrons. The van der Waals surface area contributed by atoms with Crippen molar-refractivity contribution >= 4 is 11.3 Å². The highest BCUT2D eigenvalue weighted by atomic mass is 32.1. The van der Waals surface area contributed by atoms with E-state index in [2.05, 4.69) is 4.98 Å². The number of aromatic nitrogens is 1. The Bertz CT molecular complexity index is 254. The van der Waals surface area contributed by atoms with Crippen LogP contribution in [0.25, 0.3) is 0 Å². The lowest BCUT2D eigenvalue weighted by Gasteiger charge is -2.13. The van der Waals surface area contributed by atoms with Crippen molar-refractivity contribution in [2.75, 3.05) is 0 Å². The fourth-order valence-corrected chi connectivity index (χ4v) is 2.96. The molecule has 0 aliphatic heterocycles. The molecule has 2 rings (SSSR count). The minimum Gasteiger partial charge on any atom is -0.393 e. The van der Waals surface area contributed by atoms with Crippen LogP contribution in [0.4, 0.5) is 0 Å². The van der Waals surface area contributed by atoms with E-state index < -0.39 is 0 Å². The van der Waals surface area contributed by atoms with Gasteiger partial charge in [0.1, 0.15) is 0 Å². The van der Waals surface area contributed by atoms with E-state index in [0.717, 1.165) is 23.8 Å². The Morgan fingerprint density at radius 2 is 2.29 bits per heavy atom. The van der Waals surface area contributed by atoms with Gasteiger partial charge in [-0.25, -0.2) is 4.98 Å². The first kappa shape index (κ1) is 10.1. The molecule has 1 aliphatic carbocycles. The highest BCUT2D eigenvalue weighted by Crippen LogP contribution is 2.29. The van der Waals surface area contributed by atoms with Crippen molar-refractivity contribution in [3.05, 3.63) is 16.6 Å². The molecule has 14 heavy (non-hydrogen) atoms. The number of aliphatic hydroxyl groups excluding tert-OH is 1. The zero-order valence-corrected chi connectivity index (χ0v) is 9.17. The first-order chi connectivity index (χ1) is 6.84. The maximum absolute atomic E-state index is 9.85. The molecule has 0 bridgehead atoms. The van der Waals surface area contributed by atoms with Crippen LogP contribution in [0.5, 0.6) is 0 Å². The number of hydrogen-bond acceptors (Lipinski definition) is 3. The van der Waals surface area contributed by atoms with E-state index in [1.54, 1.807) is 11.3 Å². The molecule has 0 spiro atoms. The quantitative estimate of drug-likeness (QED) is 0.830. The largest absolute Gasteiger partial charge is 0.393 e. The maximum Gasteiger partial charge on any atom is 0.0950 e. The molecule has 1 fully saturated rings. The van der Waals surface area contributed by atoms with Crippen molar-refractivity contribution < 1.29 is 5.11 Å². The lowest BCUT2D eigenvalue weighted by Crippen LogP contribution is -2.14. The summed E-state index contributed by atoms with van der Waals surface area (Å²) in [6, 6.07) is 0. The van der Waals surface area contributed by atoms with Gasteiger partial charge in [0.25, 0.3) is 0 Å². The van der Waals surface area contributed by atoms with E-state index >= 15 is 0 Å². The summed E-state index contributed by atoms with van der Waals surface area (Å²) >= 11 is 1.64. The van der Waals surface area contributed by atoms with Crippen LogP contribution in [-0.4, -0.2) is 16.2 Å². The minimum atomic E-state index is -0.177. The van der Waals surface area contributed by atoms with Crippen molar-refractivity contribution in [1.29, 1.82) is 0 Å². The lowest BCUT2D eigenvalue weighted by atomic mass is 9.99. The molecule has 1 heterocycles. The summed E-state index contributed by atoms with van der Waals surface area (Å²) in [6.45, 7) is 0. The fraction of sp³-hybridized carbons (Fsp3) is 0.727. The highest BCUT2D eigenvalue weighted by Gasteiger charge is 2.19. The molecule has 0 amide bonds. The minimum absolute atomic E-state index is 0.177. The van der Waals surface area contributed by atoms with E-state index in [9.17, 15) is 5.11 Å². The third kappa shape index (κ3) is 2.79. The third-order valence-corrected chi connectivity index (χ3v) is 3.78. The molecule has 3 heteroatoms. The molecular weight excluding hydrogens is 194 g/mol. The molecule has 2 nitrogen and oxygen atoms in total. The van der Waals surface area contributed by atoms with Crippen molar-refractivity contribution in [1.82, 2.24) is 4.98 Å². The van der Waals surface area contributed by atoms with Crippen LogP contribution in [-0.2, 0) is 6.42 Å². The molecule has 0 aromatic carbocycles. The van der Waals surface area contributed by atoms with E-state index in [4.69, 9.17) is 0 Å². The average molecular weight is 211 g/mol. The summed E-state index contributed by atoms with van der Waals surface area (Å²) in [5.41, 5.74) is 0. The first-order valence-electron chi connectivity index (χ1n) is 5.41. The standard InChI is InChI=1S/C11H17NOS/c13-10(7-9-3-1-2-4-9)8-11-12-5-6-14-11/h5-6,9-10,13H,1-4,7-8H2. The van der Waals surface area contributed by atoms with Crippen molar-refractivity contribution in [2.45, 2.75) is 44.6 Å². The summed E-state index contributed by atoms with van der Waals surface area (Å²) < 4.78 is 0. The maximum atomic E-state index is 9.85. The monoisotopic (exact) mass is 211 g/mol. The molecule has 1 unspecified atom stereocenters. The van der Waals surface area contributed by atoms with Crippen LogP contribution in [0.3, 0.4) is 0 Å². The van der Waals surface area contributed by atoms with Crippen molar-refractivity contribution in [2.24, 2.45) is 5.92 Å². The fourth-order valence-electron chi connectivity index (χ4n) is 2.27. The number of aliphatic hydroxyl groups is 1. The molecule has 1 saturated carbocycles. The molecule has 1 aromatic heterocycles. The normalized spacial score (nSPS) is 20.1. The highest BCUT2D eigenvalue weighted by molar-refractivity contribution is 7.09. The van der Waals surface area contributed by atoms with Crippen molar-refractivity contribution in [3.8, 4) is 0 Å². The Balaban J connectivity index is 1.75. The summed E-state index contributed by atoms with van der Waals surface area (Å²) in [5.74, 6) is 0.768. The van der Waals surface area contributed by atoms with Crippen molar-refractivity contribution in [3.63, 3.8) is 0 Å². The Morgan fingerprint density at radius 3 is 2.93 bits per heavy atom. The molecule has 1 aromatic rings. The molecule has 1 N–H and O–H groups in total. The number of hydrogen-bond donors (Lipinski definition) is 1. The second kappa shape index (κ2) is 4.89. The second-order valence-corrected chi connectivity index (χ2v) is 5.15. The summed E-state index contributed by atoms with van der Waals surface area (Å²) in [6.07, 6.45) is 8.69. The van der Waals surface area contributed by atoms with E-state index in [-0.39, 0.29) is 6.10 Å². The van der Waals surface area contributed by atoms with Gasteiger partial charge < -0.3 is 5.11 Å². The predicted octanol–water partition coefficient (Wildman–Crippen LogP) is 2.63. The molecule has 78 valence electrons. The van der Waals surface area contributed by atoms with Gasteiger partial charge in [-0.2, -0.15) is 0 Å². The zero-order chi connectivity index (χ0) is 9.80. The lowest BCUT2D eigenvalue weighted by molar-refractivity contribution is 0.143. The number of rotatable bonds is 4. The van der Waals surface area contributed by atoms with Gasteiger partial charge in [0.2, 0.25) is 0 Å². The van der Waals surface area contributed by atoms with Crippen LogP contribution >= 0.6 is 11.3 Å². The SMILES string of the molecule is OC(Cc1nccs1)CC1CCCC1. The van der Waals surface area contributed by atoms with Crippen LogP contribution in [0.1, 0.15) is 37.1 Å². The van der Waals surface area contributed by atoms with Crippen LogP contribution in [0, 0.1) is 5.92 Å². The van der Waals surface area contributed by atoms with E-state index in [0.29, 0.717) is 0 Å². The van der Waals surface area contributed by atoms with Crippen LogP contribution < -0.4 is 0 Å². The molecule has 0 saturated heterocycles. The zero-order valence-electron chi connectivity index (χ0n) is 8.35. The van der Waals surface area contributed by atoms with E-state index in [1.165, 1.54) is 25.7 Å². The van der Waals surface area contributed by atoms with Gasteiger partial charge in [-0.05, 0) is 12.3 Å². The Kier molecular flexibility index (Phi) is 3.54. The van der Waals surface area contributed by atoms with Crippen LogP contribution in [0.2, 0.25) is 0 Å². The molecule has 1 atom stereocenters. The van der Waals surface area contributed by atoms with Gasteiger partial charge in [-0.15, -0.1) is 11.3 Å². The van der Waals surface area contributed by atoms with Gasteiger partial charge in [0, 0.05) is 18.0 Å². The van der Waals surface area contributed by atoms with Gasteiger partial charge in [-0.1, -0.05) is 25.7 Å². The summed E-state index contributed by atoms with van der Waals surface area (Å²) in [5, 5.41) is 12.9. The van der Waals surface area contributed by atoms with Gasteiger partial charge in [0.05, 0.1) is 11.1 Å². The Morgan fingerprint density at radius 1 is 1.50 bits per heavy atom. The van der Waals surface area contributed by atoms with Gasteiger partial charge >= 0.3 is 0 Å². The van der Waals surface area contributed by atoms with Crippen LogP contribution in [0.15, 0.2) is 11.6 Å². The Labute approximate surface area is 89.0 Å². The predicted molar refractivity (Wildman–Crippen MR) is 58.4 cm³/mol. The topological polar surface area (TPSA) is 33.1 Å². The Hall–Kier alpha value is -0.410. The first-order valence-corrected chi connectivity index (χ1v) is 6.29. The third-order valence-electron chi connectivity index (χ3n) is 2.97. The summed E-state index contributed by atoms with van der Waals surface area (Å²) in [4.78, 5) is 4.19. The van der Waals surface area contributed by atoms with E-state index in [1.807, 2.05) is 11.6 Å². The molecular formula is C11H17NOS. The van der Waals surface area contributed by atoms with Gasteiger partial charge in [-0.3, -0.25) is 0 Å². The smallest absolute Gasteiger partial charge is 0.0950 e. The number of thiazole rings is 1. The average Bonchev–Trinajstić information content (AvgIpc) is 2.76. The van der Waals surface area contributed by atoms with Gasteiger partial charge in [0.15, 0.2) is 0 Å². The summed E-state index contributed by atoms with van der Waals surface area (Å²) in [7, 11) is 0. The number of nitrogens with zero attached hydrogens (tertiary/aromatic N) is 1. The second-order valence-electron chi connectivity index (χ2n) is 4.17.